The van der Waals surface area contributed by atoms with Gasteiger partial charge in [-0.3, -0.25) is 9.69 Å². The molecule has 11 nitrogen and oxygen atoms in total. The van der Waals surface area contributed by atoms with Crippen LogP contribution in [0.3, 0.4) is 0 Å². The van der Waals surface area contributed by atoms with Crippen LogP contribution in [0.2, 0.25) is 0 Å². The Morgan fingerprint density at radius 3 is 2.00 bits per heavy atom. The number of hydrogen-bond acceptors (Lipinski definition) is 8. The van der Waals surface area contributed by atoms with Crippen LogP contribution < -0.4 is 5.32 Å². The quantitative estimate of drug-likeness (QED) is 0.341. The number of rotatable bonds is 6. The molecule has 7 aliphatic rings. The second-order valence-electron chi connectivity index (χ2n) is 11.9. The molecule has 1 amide bonds. The van der Waals surface area contributed by atoms with Crippen LogP contribution in [0.4, 0.5) is 0 Å². The number of carbonyl (C=O) groups is 3. The third-order valence-electron chi connectivity index (χ3n) is 9.24. The molecule has 0 aromatic carbocycles. The van der Waals surface area contributed by atoms with Crippen LogP contribution in [0.15, 0.2) is 12.2 Å². The molecule has 0 atom stereocenters. The first-order valence-electron chi connectivity index (χ1n) is 14.0. The fraction of sp³-hybridized carbons (Fsp3) is 0.815. The van der Waals surface area contributed by atoms with Gasteiger partial charge in [0.1, 0.15) is 0 Å². The van der Waals surface area contributed by atoms with Gasteiger partial charge in [0.2, 0.25) is 17.5 Å². The van der Waals surface area contributed by atoms with Crippen LogP contribution in [-0.2, 0) is 33.6 Å². The Morgan fingerprint density at radius 1 is 0.868 bits per heavy atom. The maximum atomic E-state index is 12.3. The van der Waals surface area contributed by atoms with Gasteiger partial charge in [0.25, 0.3) is 0 Å². The Balaban J connectivity index is 0.000000323. The van der Waals surface area contributed by atoms with E-state index in [1.165, 1.54) is 32.1 Å². The van der Waals surface area contributed by atoms with Crippen molar-refractivity contribution in [1.82, 2.24) is 10.2 Å². The van der Waals surface area contributed by atoms with Crippen LogP contribution >= 0.6 is 0 Å². The van der Waals surface area contributed by atoms with E-state index in [1.807, 2.05) is 0 Å². The number of amides is 1. The van der Waals surface area contributed by atoms with Gasteiger partial charge < -0.3 is 25.0 Å². The summed E-state index contributed by atoms with van der Waals surface area (Å²) in [7, 11) is 0. The van der Waals surface area contributed by atoms with Crippen molar-refractivity contribution in [2.45, 2.75) is 69.4 Å². The smallest absolute Gasteiger partial charge is 0.328 e. The molecule has 5 aliphatic carbocycles. The zero-order valence-corrected chi connectivity index (χ0v) is 21.8. The molecule has 0 radical (unpaired) electrons. The van der Waals surface area contributed by atoms with Gasteiger partial charge in [0, 0.05) is 56.5 Å². The summed E-state index contributed by atoms with van der Waals surface area (Å²) in [4.78, 5) is 45.7. The van der Waals surface area contributed by atoms with E-state index in [2.05, 4.69) is 10.2 Å². The van der Waals surface area contributed by atoms with Crippen LogP contribution in [0, 0.1) is 29.6 Å². The molecule has 7 rings (SSSR count). The van der Waals surface area contributed by atoms with E-state index in [1.54, 1.807) is 0 Å². The molecule has 4 bridgehead atoms. The van der Waals surface area contributed by atoms with Gasteiger partial charge in [0.05, 0.1) is 19.8 Å². The predicted octanol–water partition coefficient (Wildman–Crippen LogP) is 2.16. The van der Waals surface area contributed by atoms with E-state index < -0.39 is 23.5 Å². The summed E-state index contributed by atoms with van der Waals surface area (Å²) < 4.78 is 12.1. The first-order valence-corrected chi connectivity index (χ1v) is 14.0. The molecule has 212 valence electrons. The van der Waals surface area contributed by atoms with Gasteiger partial charge in [-0.1, -0.05) is 0 Å². The molecule has 5 saturated carbocycles. The maximum absolute atomic E-state index is 12.3. The summed E-state index contributed by atoms with van der Waals surface area (Å²) >= 11 is 0. The molecular formula is C27H40N2O9. The summed E-state index contributed by atoms with van der Waals surface area (Å²) in [6.45, 7) is 4.38. The summed E-state index contributed by atoms with van der Waals surface area (Å²) in [5, 5.41) is 18.8. The van der Waals surface area contributed by atoms with E-state index >= 15 is 0 Å². The number of hydrogen-bond donors (Lipinski definition) is 3. The Morgan fingerprint density at radius 2 is 1.45 bits per heavy atom. The summed E-state index contributed by atoms with van der Waals surface area (Å²) in [5.74, 6) is -0.100. The highest BCUT2D eigenvalue weighted by molar-refractivity contribution is 5.89. The lowest BCUT2D eigenvalue weighted by Gasteiger charge is -2.57. The van der Waals surface area contributed by atoms with Gasteiger partial charge in [-0.25, -0.2) is 9.59 Å². The highest BCUT2D eigenvalue weighted by atomic mass is 17.3. The first-order chi connectivity index (χ1) is 18.3. The molecule has 0 unspecified atom stereocenters. The van der Waals surface area contributed by atoms with E-state index in [4.69, 9.17) is 29.5 Å². The summed E-state index contributed by atoms with van der Waals surface area (Å²) in [5.41, 5.74) is 0. The van der Waals surface area contributed by atoms with Crippen molar-refractivity contribution in [3.63, 3.8) is 0 Å². The molecule has 11 heteroatoms. The number of nitrogens with zero attached hydrogens (tertiary/aromatic N) is 1. The standard InChI is InChI=1S/C23H36N2O5.C4H4O4/c26-21(15-25-5-7-27-8-6-25)24-14-16-1-3-22(4-2-16)28-23(30-29-22)19-10-17-9-18(12-19)13-20(23)11-17;5-3(6)1-2-4(7)8/h16-20H,1-15H2,(H,24,26);1-2H,(H,5,6)(H,7,8)/b;2-1-. The van der Waals surface area contributed by atoms with Gasteiger partial charge in [0.15, 0.2) is 0 Å². The van der Waals surface area contributed by atoms with E-state index in [0.29, 0.717) is 36.5 Å². The lowest BCUT2D eigenvalue weighted by atomic mass is 9.53. The fourth-order valence-electron chi connectivity index (χ4n) is 7.54. The molecule has 2 aliphatic heterocycles. The number of carbonyl (C=O) groups excluding carboxylic acids is 1. The Bertz CT molecular complexity index is 864. The molecule has 2 saturated heterocycles. The Hall–Kier alpha value is -2.05. The number of ether oxygens (including phenoxy) is 2. The van der Waals surface area contributed by atoms with Gasteiger partial charge in [-0.05, 0) is 62.7 Å². The Kier molecular flexibility index (Phi) is 8.39. The SMILES string of the molecule is O=C(CN1CCOCC1)NCC1CCC2(CC1)OOC1(O2)C2CC3CC(C2)CC1C3.O=C(O)/C=C\C(=O)O. The number of carboxylic acids is 2. The van der Waals surface area contributed by atoms with Crippen molar-refractivity contribution in [3.05, 3.63) is 12.2 Å². The second kappa shape index (κ2) is 11.6. The number of morpholine rings is 1. The Labute approximate surface area is 222 Å². The summed E-state index contributed by atoms with van der Waals surface area (Å²) in [6.07, 6.45) is 11.3. The zero-order chi connectivity index (χ0) is 26.8. The predicted molar refractivity (Wildman–Crippen MR) is 132 cm³/mol. The lowest BCUT2D eigenvalue weighted by Crippen LogP contribution is -2.59. The number of nitrogens with one attached hydrogen (secondary N) is 1. The van der Waals surface area contributed by atoms with Gasteiger partial charge in [-0.15, -0.1) is 0 Å². The number of aliphatic carboxylic acids is 2. The minimum absolute atomic E-state index is 0.126. The van der Waals surface area contributed by atoms with Crippen molar-refractivity contribution in [2.75, 3.05) is 39.4 Å². The molecule has 3 N–H and O–H groups in total. The topological polar surface area (TPSA) is 144 Å². The molecule has 2 heterocycles. The lowest BCUT2D eigenvalue weighted by molar-refractivity contribution is -0.390. The largest absolute Gasteiger partial charge is 0.478 e. The third-order valence-corrected chi connectivity index (χ3v) is 9.24. The highest BCUT2D eigenvalue weighted by Gasteiger charge is 2.66. The first kappa shape index (κ1) is 27.5. The van der Waals surface area contributed by atoms with Gasteiger partial charge in [-0.2, -0.15) is 9.78 Å². The minimum atomic E-state index is -1.26. The molecule has 0 aromatic rings. The molecule has 7 fully saturated rings. The third kappa shape index (κ3) is 6.22. The highest BCUT2D eigenvalue weighted by Crippen LogP contribution is 2.63. The number of carboxylic acid groups (broad SMARTS) is 2. The zero-order valence-electron chi connectivity index (χ0n) is 21.8. The molecule has 0 aromatic heterocycles. The van der Waals surface area contributed by atoms with Crippen LogP contribution in [0.25, 0.3) is 0 Å². The fourth-order valence-corrected chi connectivity index (χ4v) is 7.54. The maximum Gasteiger partial charge on any atom is 0.328 e. The van der Waals surface area contributed by atoms with E-state index in [0.717, 1.165) is 70.4 Å². The van der Waals surface area contributed by atoms with Crippen molar-refractivity contribution >= 4 is 17.8 Å². The van der Waals surface area contributed by atoms with E-state index in [-0.39, 0.29) is 5.91 Å². The van der Waals surface area contributed by atoms with Crippen LogP contribution in [-0.4, -0.2) is 83.9 Å². The van der Waals surface area contributed by atoms with Gasteiger partial charge >= 0.3 is 11.9 Å². The second-order valence-corrected chi connectivity index (χ2v) is 11.9. The molecule has 2 spiro atoms. The van der Waals surface area contributed by atoms with E-state index in [9.17, 15) is 14.4 Å². The summed E-state index contributed by atoms with van der Waals surface area (Å²) in [6, 6.07) is 0. The minimum Gasteiger partial charge on any atom is -0.478 e. The van der Waals surface area contributed by atoms with Crippen LogP contribution in [0.5, 0.6) is 0 Å². The van der Waals surface area contributed by atoms with Crippen molar-refractivity contribution < 1.29 is 43.8 Å². The average Bonchev–Trinajstić information content (AvgIpc) is 3.26. The monoisotopic (exact) mass is 536 g/mol. The molecular weight excluding hydrogens is 496 g/mol. The van der Waals surface area contributed by atoms with Crippen LogP contribution in [0.1, 0.15) is 57.8 Å². The van der Waals surface area contributed by atoms with Crippen molar-refractivity contribution in [3.8, 4) is 0 Å². The molecule has 38 heavy (non-hydrogen) atoms. The van der Waals surface area contributed by atoms with Crippen molar-refractivity contribution in [2.24, 2.45) is 29.6 Å². The normalized spacial score (nSPS) is 39.8. The van der Waals surface area contributed by atoms with Crippen molar-refractivity contribution in [1.29, 1.82) is 0 Å². The average molecular weight is 537 g/mol.